The van der Waals surface area contributed by atoms with Crippen molar-refractivity contribution in [3.63, 3.8) is 0 Å². The van der Waals surface area contributed by atoms with Crippen LogP contribution in [0.15, 0.2) is 64.6 Å². The predicted octanol–water partition coefficient (Wildman–Crippen LogP) is 3.66. The molecule has 0 aliphatic rings. The Labute approximate surface area is 185 Å². The number of benzene rings is 2. The van der Waals surface area contributed by atoms with Gasteiger partial charge in [-0.05, 0) is 55.3 Å². The Morgan fingerprint density at radius 1 is 1.09 bits per heavy atom. The Balaban J connectivity index is 1.88. The lowest BCUT2D eigenvalue weighted by molar-refractivity contribution is 0.0696. The molecule has 9 heteroatoms. The zero-order chi connectivity index (χ0) is 23.5. The number of phenols is 1. The number of carboxylic acid groups (broad SMARTS) is 1. The van der Waals surface area contributed by atoms with Crippen LogP contribution < -0.4 is 4.74 Å². The quantitative estimate of drug-likeness (QED) is 0.492. The van der Waals surface area contributed by atoms with E-state index in [4.69, 9.17) is 9.84 Å². The number of pyridine rings is 1. The van der Waals surface area contributed by atoms with Gasteiger partial charge in [-0.3, -0.25) is 4.79 Å². The molecule has 0 saturated heterocycles. The lowest BCUT2D eigenvalue weighted by atomic mass is 10.0. The third-order valence-corrected chi connectivity index (χ3v) is 6.48. The van der Waals surface area contributed by atoms with Gasteiger partial charge in [-0.2, -0.15) is 0 Å². The second-order valence-electron chi connectivity index (χ2n) is 6.98. The van der Waals surface area contributed by atoms with Gasteiger partial charge in [-0.15, -0.1) is 0 Å². The summed E-state index contributed by atoms with van der Waals surface area (Å²) in [5.74, 6) is -1.25. The summed E-state index contributed by atoms with van der Waals surface area (Å²) in [7, 11) is -4.04. The average Bonchev–Trinajstić information content (AvgIpc) is 2.77. The van der Waals surface area contributed by atoms with Crippen molar-refractivity contribution in [2.45, 2.75) is 36.8 Å². The summed E-state index contributed by atoms with van der Waals surface area (Å²) in [6.07, 6.45) is 1.56. The fourth-order valence-corrected chi connectivity index (χ4v) is 4.44. The van der Waals surface area contributed by atoms with Gasteiger partial charge in [-0.1, -0.05) is 19.1 Å². The number of aromatic nitrogens is 1. The van der Waals surface area contributed by atoms with Crippen molar-refractivity contribution in [1.82, 2.24) is 4.98 Å². The molecule has 0 bridgehead atoms. The third-order valence-electron chi connectivity index (χ3n) is 4.83. The number of ketones is 1. The van der Waals surface area contributed by atoms with E-state index in [0.717, 1.165) is 12.3 Å². The van der Waals surface area contributed by atoms with Crippen molar-refractivity contribution in [1.29, 1.82) is 0 Å². The van der Waals surface area contributed by atoms with Gasteiger partial charge in [0.25, 0.3) is 0 Å². The summed E-state index contributed by atoms with van der Waals surface area (Å²) in [5.41, 5.74) is 1.05. The minimum Gasteiger partial charge on any atom is -0.507 e. The Hall–Kier alpha value is -3.72. The average molecular weight is 455 g/mol. The first-order valence-electron chi connectivity index (χ1n) is 9.67. The van der Waals surface area contributed by atoms with Crippen molar-refractivity contribution in [3.8, 4) is 11.5 Å². The molecule has 0 amide bonds. The molecular formula is C23H21NO7S. The van der Waals surface area contributed by atoms with Crippen molar-refractivity contribution < 1.29 is 33.0 Å². The molecule has 0 fully saturated rings. The highest BCUT2D eigenvalue weighted by molar-refractivity contribution is 7.91. The number of phenolic OH excluding ortho intramolecular Hbond substituents is 1. The Bertz CT molecular complexity index is 1300. The van der Waals surface area contributed by atoms with E-state index in [0.29, 0.717) is 23.3 Å². The fraction of sp³-hybridized carbons (Fsp3) is 0.174. The number of nitrogens with zero attached hydrogens (tertiary/aromatic N) is 1. The predicted molar refractivity (Wildman–Crippen MR) is 115 cm³/mol. The van der Waals surface area contributed by atoms with E-state index in [2.05, 4.69) is 4.98 Å². The summed E-state index contributed by atoms with van der Waals surface area (Å²) in [6, 6.07) is 11.3. The summed E-state index contributed by atoms with van der Waals surface area (Å²) >= 11 is 0. The SMILES string of the molecule is CCc1c(OCc2cccc(S(=O)(=O)c3cc(C(=O)O)ccn3)c2)ccc(C(C)=O)c1O. The Kier molecular flexibility index (Phi) is 6.59. The van der Waals surface area contributed by atoms with Crippen LogP contribution in [0.2, 0.25) is 0 Å². The van der Waals surface area contributed by atoms with Crippen molar-refractivity contribution >= 4 is 21.6 Å². The number of carbonyl (C=O) groups excluding carboxylic acids is 1. The first-order valence-corrected chi connectivity index (χ1v) is 11.2. The second-order valence-corrected chi connectivity index (χ2v) is 8.87. The number of hydrogen-bond acceptors (Lipinski definition) is 7. The molecule has 0 atom stereocenters. The molecule has 3 aromatic rings. The number of carbonyl (C=O) groups is 2. The topological polar surface area (TPSA) is 131 Å². The van der Waals surface area contributed by atoms with Crippen LogP contribution in [0, 0.1) is 0 Å². The number of carboxylic acids is 1. The zero-order valence-electron chi connectivity index (χ0n) is 17.4. The first-order chi connectivity index (χ1) is 15.1. The number of hydrogen-bond donors (Lipinski definition) is 2. The molecule has 2 N–H and O–H groups in total. The van der Waals surface area contributed by atoms with E-state index < -0.39 is 15.8 Å². The molecule has 0 saturated carbocycles. The van der Waals surface area contributed by atoms with Gasteiger partial charge in [-0.25, -0.2) is 18.2 Å². The van der Waals surface area contributed by atoms with Crippen LogP contribution in [-0.4, -0.2) is 35.4 Å². The lowest BCUT2D eigenvalue weighted by Gasteiger charge is -2.14. The normalized spacial score (nSPS) is 11.2. The maximum absolute atomic E-state index is 12.9. The maximum Gasteiger partial charge on any atom is 0.335 e. The highest BCUT2D eigenvalue weighted by Crippen LogP contribution is 2.33. The smallest absolute Gasteiger partial charge is 0.335 e. The molecule has 0 aliphatic heterocycles. The minimum atomic E-state index is -4.04. The molecule has 1 heterocycles. The number of ether oxygens (including phenoxy) is 1. The molecule has 0 unspecified atom stereocenters. The molecule has 3 rings (SSSR count). The van der Waals surface area contributed by atoms with Gasteiger partial charge in [0.15, 0.2) is 10.8 Å². The van der Waals surface area contributed by atoms with E-state index in [9.17, 15) is 23.1 Å². The van der Waals surface area contributed by atoms with Crippen LogP contribution >= 0.6 is 0 Å². The zero-order valence-corrected chi connectivity index (χ0v) is 18.2. The number of aromatic carboxylic acids is 1. The molecule has 166 valence electrons. The van der Waals surface area contributed by atoms with Crippen LogP contribution in [0.25, 0.3) is 0 Å². The molecule has 8 nitrogen and oxygen atoms in total. The van der Waals surface area contributed by atoms with E-state index >= 15 is 0 Å². The van der Waals surface area contributed by atoms with Gasteiger partial charge < -0.3 is 14.9 Å². The van der Waals surface area contributed by atoms with E-state index in [1.165, 1.54) is 31.2 Å². The number of aromatic hydroxyl groups is 1. The molecule has 1 aromatic heterocycles. The standard InChI is InChI=1S/C23H21NO7S/c1-3-18-20(8-7-19(14(2)25)22(18)26)31-13-15-5-4-6-17(11-15)32(29,30)21-12-16(23(27)28)9-10-24-21/h4-12,26H,3,13H2,1-2H3,(H,27,28). The highest BCUT2D eigenvalue weighted by atomic mass is 32.2. The van der Waals surface area contributed by atoms with E-state index in [1.807, 2.05) is 6.92 Å². The van der Waals surface area contributed by atoms with Crippen molar-refractivity contribution in [3.05, 3.63) is 77.0 Å². The largest absolute Gasteiger partial charge is 0.507 e. The van der Waals surface area contributed by atoms with Gasteiger partial charge >= 0.3 is 5.97 Å². The van der Waals surface area contributed by atoms with Gasteiger partial charge in [0.2, 0.25) is 9.84 Å². The molecule has 0 radical (unpaired) electrons. The molecular weight excluding hydrogens is 434 g/mol. The molecule has 0 spiro atoms. The van der Waals surface area contributed by atoms with E-state index in [-0.39, 0.29) is 39.2 Å². The Morgan fingerprint density at radius 2 is 1.84 bits per heavy atom. The van der Waals surface area contributed by atoms with Crippen LogP contribution in [0.3, 0.4) is 0 Å². The van der Waals surface area contributed by atoms with E-state index in [1.54, 1.807) is 18.2 Å². The lowest BCUT2D eigenvalue weighted by Crippen LogP contribution is -2.08. The summed E-state index contributed by atoms with van der Waals surface area (Å²) in [5, 5.41) is 19.1. The summed E-state index contributed by atoms with van der Waals surface area (Å²) < 4.78 is 31.6. The van der Waals surface area contributed by atoms with Gasteiger partial charge in [0.05, 0.1) is 16.0 Å². The van der Waals surface area contributed by atoms with Crippen molar-refractivity contribution in [2.75, 3.05) is 0 Å². The number of Topliss-reactive ketones (excluding diaryl/α,β-unsaturated/α-hetero) is 1. The molecule has 0 aliphatic carbocycles. The minimum absolute atomic E-state index is 0.0117. The monoisotopic (exact) mass is 455 g/mol. The van der Waals surface area contributed by atoms with Gasteiger partial charge in [0, 0.05) is 11.8 Å². The maximum atomic E-state index is 12.9. The molecule has 2 aromatic carbocycles. The van der Waals surface area contributed by atoms with Crippen molar-refractivity contribution in [2.24, 2.45) is 0 Å². The Morgan fingerprint density at radius 3 is 2.50 bits per heavy atom. The third kappa shape index (κ3) is 4.62. The summed E-state index contributed by atoms with van der Waals surface area (Å²) in [6.45, 7) is 3.19. The van der Waals surface area contributed by atoms with Gasteiger partial charge in [0.1, 0.15) is 18.1 Å². The molecule has 32 heavy (non-hydrogen) atoms. The second kappa shape index (κ2) is 9.19. The van der Waals surface area contributed by atoms with Crippen LogP contribution in [0.5, 0.6) is 11.5 Å². The first kappa shape index (κ1) is 23.0. The fourth-order valence-electron chi connectivity index (χ4n) is 3.15. The number of sulfone groups is 1. The summed E-state index contributed by atoms with van der Waals surface area (Å²) in [4.78, 5) is 26.5. The van der Waals surface area contributed by atoms with Crippen LogP contribution in [0.4, 0.5) is 0 Å². The highest BCUT2D eigenvalue weighted by Gasteiger charge is 2.21. The number of rotatable bonds is 8. The van der Waals surface area contributed by atoms with Crippen LogP contribution in [0.1, 0.15) is 45.7 Å². The van der Waals surface area contributed by atoms with Crippen LogP contribution in [-0.2, 0) is 22.9 Å².